The first-order valence-electron chi connectivity index (χ1n) is 7.20. The summed E-state index contributed by atoms with van der Waals surface area (Å²) in [6.07, 6.45) is -0.150. The summed E-state index contributed by atoms with van der Waals surface area (Å²) >= 11 is 0. The van der Waals surface area contributed by atoms with Crippen LogP contribution in [0.5, 0.6) is 0 Å². The van der Waals surface area contributed by atoms with E-state index in [1.807, 2.05) is 18.2 Å². The lowest BCUT2D eigenvalue weighted by molar-refractivity contribution is -0.115. The summed E-state index contributed by atoms with van der Waals surface area (Å²) in [5.41, 5.74) is 2.40. The zero-order valence-electron chi connectivity index (χ0n) is 12.1. The number of H-pyrrole nitrogens is 1. The van der Waals surface area contributed by atoms with Gasteiger partial charge in [-0.15, -0.1) is 0 Å². The fraction of sp³-hybridized carbons (Fsp3) is 0.400. The minimum absolute atomic E-state index is 0.150. The van der Waals surface area contributed by atoms with Crippen LogP contribution in [0, 0.1) is 11.3 Å². The molecule has 1 aromatic carbocycles. The highest BCUT2D eigenvalue weighted by Gasteiger charge is 2.13. The Bertz CT molecular complexity index is 712. The number of nitrogens with one attached hydrogen (secondary N) is 2. The first-order chi connectivity index (χ1) is 10.7. The van der Waals surface area contributed by atoms with E-state index in [1.165, 1.54) is 0 Å². The number of ether oxygens (including phenoxy) is 1. The van der Waals surface area contributed by atoms with Crippen molar-refractivity contribution in [3.05, 3.63) is 24.0 Å². The molecule has 22 heavy (non-hydrogen) atoms. The SMILES string of the molecule is N#CCC(=O)Nc1ccc2nc(CN3CCOCC3)[nH]c2c1. The Balaban J connectivity index is 1.72. The van der Waals surface area contributed by atoms with E-state index in [0.29, 0.717) is 5.69 Å². The first kappa shape index (κ1) is 14.5. The van der Waals surface area contributed by atoms with Crippen molar-refractivity contribution in [1.29, 1.82) is 5.26 Å². The van der Waals surface area contributed by atoms with Crippen molar-refractivity contribution in [1.82, 2.24) is 14.9 Å². The Hall–Kier alpha value is -2.43. The number of hydrogen-bond donors (Lipinski definition) is 2. The standard InChI is InChI=1S/C15H17N5O2/c16-4-3-15(21)17-11-1-2-12-13(9-11)19-14(18-12)10-20-5-7-22-8-6-20/h1-2,9H,3,5-8,10H2,(H,17,21)(H,18,19). The van der Waals surface area contributed by atoms with Crippen molar-refractivity contribution in [2.75, 3.05) is 31.6 Å². The molecule has 0 aliphatic carbocycles. The number of carbonyl (C=O) groups excluding carboxylic acids is 1. The van der Waals surface area contributed by atoms with Gasteiger partial charge in [0.15, 0.2) is 0 Å². The summed E-state index contributed by atoms with van der Waals surface area (Å²) in [5.74, 6) is 0.590. The normalized spacial score (nSPS) is 15.6. The average Bonchev–Trinajstić information content (AvgIpc) is 2.90. The molecule has 1 aliphatic rings. The van der Waals surface area contributed by atoms with Crippen LogP contribution < -0.4 is 5.32 Å². The molecule has 0 unspecified atom stereocenters. The van der Waals surface area contributed by atoms with Crippen molar-refractivity contribution in [2.45, 2.75) is 13.0 Å². The second-order valence-corrected chi connectivity index (χ2v) is 5.19. The maximum Gasteiger partial charge on any atom is 0.238 e. The van der Waals surface area contributed by atoms with Gasteiger partial charge in [-0.1, -0.05) is 0 Å². The number of benzene rings is 1. The number of aromatic amines is 1. The van der Waals surface area contributed by atoms with Crippen molar-refractivity contribution >= 4 is 22.6 Å². The molecule has 0 bridgehead atoms. The van der Waals surface area contributed by atoms with Gasteiger partial charge in [-0.3, -0.25) is 9.69 Å². The quantitative estimate of drug-likeness (QED) is 0.886. The fourth-order valence-electron chi connectivity index (χ4n) is 2.46. The Morgan fingerprint density at radius 3 is 3.05 bits per heavy atom. The molecule has 114 valence electrons. The molecule has 1 saturated heterocycles. The third kappa shape index (κ3) is 3.42. The largest absolute Gasteiger partial charge is 0.379 e. The van der Waals surface area contributed by atoms with Crippen molar-refractivity contribution in [2.24, 2.45) is 0 Å². The van der Waals surface area contributed by atoms with Crippen molar-refractivity contribution < 1.29 is 9.53 Å². The molecular formula is C15H17N5O2. The van der Waals surface area contributed by atoms with Gasteiger partial charge in [0.25, 0.3) is 0 Å². The Morgan fingerprint density at radius 2 is 2.27 bits per heavy atom. The van der Waals surface area contributed by atoms with E-state index >= 15 is 0 Å². The second-order valence-electron chi connectivity index (χ2n) is 5.19. The molecule has 3 rings (SSSR count). The monoisotopic (exact) mass is 299 g/mol. The summed E-state index contributed by atoms with van der Waals surface area (Å²) < 4.78 is 5.33. The number of nitrogens with zero attached hydrogens (tertiary/aromatic N) is 3. The zero-order chi connectivity index (χ0) is 15.4. The molecular weight excluding hydrogens is 282 g/mol. The van der Waals surface area contributed by atoms with Crippen LogP contribution in [0.2, 0.25) is 0 Å². The van der Waals surface area contributed by atoms with E-state index in [2.05, 4.69) is 20.2 Å². The number of carbonyl (C=O) groups is 1. The molecule has 0 radical (unpaired) electrons. The Morgan fingerprint density at radius 1 is 1.45 bits per heavy atom. The van der Waals surface area contributed by atoms with Crippen LogP contribution in [0.15, 0.2) is 18.2 Å². The zero-order valence-corrected chi connectivity index (χ0v) is 12.1. The molecule has 2 aromatic rings. The first-order valence-corrected chi connectivity index (χ1v) is 7.20. The van der Waals surface area contributed by atoms with Crippen LogP contribution in [0.25, 0.3) is 11.0 Å². The topological polar surface area (TPSA) is 94.0 Å². The number of aromatic nitrogens is 2. The molecule has 7 heteroatoms. The number of rotatable bonds is 4. The lowest BCUT2D eigenvalue weighted by atomic mass is 10.2. The minimum Gasteiger partial charge on any atom is -0.379 e. The van der Waals surface area contributed by atoms with Gasteiger partial charge in [0.05, 0.1) is 36.9 Å². The number of anilines is 1. The van der Waals surface area contributed by atoms with Crippen LogP contribution in [0.1, 0.15) is 12.2 Å². The van der Waals surface area contributed by atoms with Gasteiger partial charge in [0, 0.05) is 18.8 Å². The number of fused-ring (bicyclic) bond motifs is 1. The summed E-state index contributed by atoms with van der Waals surface area (Å²) in [6, 6.07) is 7.31. The second kappa shape index (κ2) is 6.56. The predicted octanol–water partition coefficient (Wildman–Crippen LogP) is 1.25. The third-order valence-corrected chi connectivity index (χ3v) is 3.53. The third-order valence-electron chi connectivity index (χ3n) is 3.53. The maximum absolute atomic E-state index is 11.4. The highest BCUT2D eigenvalue weighted by Crippen LogP contribution is 2.18. The lowest BCUT2D eigenvalue weighted by Gasteiger charge is -2.25. The van der Waals surface area contributed by atoms with E-state index < -0.39 is 0 Å². The van der Waals surface area contributed by atoms with Gasteiger partial charge in [-0.2, -0.15) is 5.26 Å². The van der Waals surface area contributed by atoms with E-state index in [-0.39, 0.29) is 12.3 Å². The van der Waals surface area contributed by atoms with Crippen molar-refractivity contribution in [3.8, 4) is 6.07 Å². The summed E-state index contributed by atoms with van der Waals surface area (Å²) in [5, 5.41) is 11.2. The number of morpholine rings is 1. The molecule has 7 nitrogen and oxygen atoms in total. The lowest BCUT2D eigenvalue weighted by Crippen LogP contribution is -2.35. The van der Waals surface area contributed by atoms with E-state index in [9.17, 15) is 4.79 Å². The number of amides is 1. The van der Waals surface area contributed by atoms with Gasteiger partial charge in [-0.05, 0) is 18.2 Å². The molecule has 0 spiro atoms. The highest BCUT2D eigenvalue weighted by atomic mass is 16.5. The van der Waals surface area contributed by atoms with Crippen molar-refractivity contribution in [3.63, 3.8) is 0 Å². The number of hydrogen-bond acceptors (Lipinski definition) is 5. The van der Waals surface area contributed by atoms with Gasteiger partial charge in [0.2, 0.25) is 5.91 Å². The molecule has 0 saturated carbocycles. The van der Waals surface area contributed by atoms with Crippen LogP contribution in [0.4, 0.5) is 5.69 Å². The molecule has 1 aromatic heterocycles. The molecule has 2 N–H and O–H groups in total. The summed E-state index contributed by atoms with van der Waals surface area (Å²) in [7, 11) is 0. The highest BCUT2D eigenvalue weighted by molar-refractivity contribution is 5.94. The van der Waals surface area contributed by atoms with Crippen LogP contribution in [0.3, 0.4) is 0 Å². The number of nitriles is 1. The molecule has 1 aliphatic heterocycles. The van der Waals surface area contributed by atoms with Crippen LogP contribution in [-0.4, -0.2) is 47.1 Å². The average molecular weight is 299 g/mol. The predicted molar refractivity (Wildman–Crippen MR) is 81.0 cm³/mol. The Labute approximate surface area is 127 Å². The van der Waals surface area contributed by atoms with Gasteiger partial charge >= 0.3 is 0 Å². The van der Waals surface area contributed by atoms with Crippen LogP contribution in [-0.2, 0) is 16.1 Å². The summed E-state index contributed by atoms with van der Waals surface area (Å²) in [6.45, 7) is 4.10. The number of imidazole rings is 1. The smallest absolute Gasteiger partial charge is 0.238 e. The van der Waals surface area contributed by atoms with E-state index in [1.54, 1.807) is 6.07 Å². The maximum atomic E-state index is 11.4. The molecule has 1 fully saturated rings. The van der Waals surface area contributed by atoms with Gasteiger partial charge in [0.1, 0.15) is 12.2 Å². The van der Waals surface area contributed by atoms with Crippen LogP contribution >= 0.6 is 0 Å². The fourth-order valence-corrected chi connectivity index (χ4v) is 2.46. The molecule has 1 amide bonds. The summed E-state index contributed by atoms with van der Waals surface area (Å²) in [4.78, 5) is 21.6. The van der Waals surface area contributed by atoms with Gasteiger partial charge < -0.3 is 15.0 Å². The Kier molecular flexibility index (Phi) is 4.32. The molecule has 0 atom stereocenters. The van der Waals surface area contributed by atoms with Gasteiger partial charge in [-0.25, -0.2) is 4.98 Å². The van der Waals surface area contributed by atoms with E-state index in [0.717, 1.165) is 49.7 Å². The van der Waals surface area contributed by atoms with E-state index in [4.69, 9.17) is 10.00 Å². The molecule has 2 heterocycles. The minimum atomic E-state index is -0.310.